The summed E-state index contributed by atoms with van der Waals surface area (Å²) in [6.45, 7) is 7.16. The summed E-state index contributed by atoms with van der Waals surface area (Å²) in [4.78, 5) is 0. The van der Waals surface area contributed by atoms with Gasteiger partial charge in [0.1, 0.15) is 0 Å². The molecular weight excluding hydrogens is 140 g/mol. The molecule has 0 amide bonds. The van der Waals surface area contributed by atoms with E-state index in [4.69, 9.17) is 4.74 Å². The molecule has 1 fully saturated rings. The standard InChI is InChI=1S/C9H18O2/c1-9(2,3)8-6-7(10)4-5-11-8/h7-8,10H,4-6H2,1-3H3/t7-,8-/m0/s1. The predicted octanol–water partition coefficient (Wildman–Crippen LogP) is 1.57. The summed E-state index contributed by atoms with van der Waals surface area (Å²) < 4.78 is 5.55. The maximum atomic E-state index is 9.36. The Morgan fingerprint density at radius 2 is 2.00 bits per heavy atom. The Morgan fingerprint density at radius 3 is 2.36 bits per heavy atom. The molecule has 0 radical (unpaired) electrons. The lowest BCUT2D eigenvalue weighted by atomic mass is 9.84. The summed E-state index contributed by atoms with van der Waals surface area (Å²) in [6, 6.07) is 0. The largest absolute Gasteiger partial charge is 0.393 e. The first-order chi connectivity index (χ1) is 5.00. The number of ether oxygens (including phenoxy) is 1. The first-order valence-corrected chi connectivity index (χ1v) is 4.30. The van der Waals surface area contributed by atoms with Gasteiger partial charge >= 0.3 is 0 Å². The lowest BCUT2D eigenvalue weighted by Crippen LogP contribution is -2.37. The highest BCUT2D eigenvalue weighted by molar-refractivity contribution is 4.80. The summed E-state index contributed by atoms with van der Waals surface area (Å²) in [5.74, 6) is 0. The molecule has 1 heterocycles. The second kappa shape index (κ2) is 3.11. The molecule has 1 rings (SSSR count). The van der Waals surface area contributed by atoms with Crippen LogP contribution in [-0.2, 0) is 4.74 Å². The quantitative estimate of drug-likeness (QED) is 0.580. The van der Waals surface area contributed by atoms with Gasteiger partial charge in [0.15, 0.2) is 0 Å². The van der Waals surface area contributed by atoms with Gasteiger partial charge in [0.05, 0.1) is 12.2 Å². The van der Waals surface area contributed by atoms with Gasteiger partial charge in [0.2, 0.25) is 0 Å². The van der Waals surface area contributed by atoms with Crippen molar-refractivity contribution in [2.24, 2.45) is 5.41 Å². The third-order valence-corrected chi connectivity index (χ3v) is 2.22. The van der Waals surface area contributed by atoms with E-state index in [0.717, 1.165) is 12.8 Å². The molecule has 0 saturated carbocycles. The first kappa shape index (κ1) is 9.01. The van der Waals surface area contributed by atoms with Gasteiger partial charge in [-0.3, -0.25) is 0 Å². The second-order valence-electron chi connectivity index (χ2n) is 4.40. The van der Waals surface area contributed by atoms with Crippen LogP contribution in [0, 0.1) is 5.41 Å². The summed E-state index contributed by atoms with van der Waals surface area (Å²) in [7, 11) is 0. The van der Waals surface area contributed by atoms with Crippen molar-refractivity contribution in [2.75, 3.05) is 6.61 Å². The minimum Gasteiger partial charge on any atom is -0.393 e. The topological polar surface area (TPSA) is 29.5 Å². The van der Waals surface area contributed by atoms with Crippen LogP contribution < -0.4 is 0 Å². The molecule has 0 bridgehead atoms. The summed E-state index contributed by atoms with van der Waals surface area (Å²) in [5.41, 5.74) is 0.168. The lowest BCUT2D eigenvalue weighted by Gasteiger charge is -2.35. The van der Waals surface area contributed by atoms with Gasteiger partial charge in [0, 0.05) is 13.0 Å². The molecule has 1 saturated heterocycles. The highest BCUT2D eigenvalue weighted by Crippen LogP contribution is 2.29. The molecule has 1 N–H and O–H groups in total. The van der Waals surface area contributed by atoms with E-state index in [1.807, 2.05) is 0 Å². The van der Waals surface area contributed by atoms with Crippen molar-refractivity contribution in [2.45, 2.75) is 45.8 Å². The molecule has 0 spiro atoms. The molecule has 0 unspecified atom stereocenters. The van der Waals surface area contributed by atoms with Crippen LogP contribution in [-0.4, -0.2) is 23.9 Å². The van der Waals surface area contributed by atoms with Crippen LogP contribution in [0.1, 0.15) is 33.6 Å². The van der Waals surface area contributed by atoms with Crippen molar-refractivity contribution in [3.63, 3.8) is 0 Å². The molecule has 2 heteroatoms. The fourth-order valence-corrected chi connectivity index (χ4v) is 1.38. The van der Waals surface area contributed by atoms with Gasteiger partial charge < -0.3 is 9.84 Å². The smallest absolute Gasteiger partial charge is 0.0648 e. The van der Waals surface area contributed by atoms with Crippen LogP contribution in [0.5, 0.6) is 0 Å². The van der Waals surface area contributed by atoms with Crippen LogP contribution in [0.4, 0.5) is 0 Å². The van der Waals surface area contributed by atoms with Gasteiger partial charge in [-0.05, 0) is 11.8 Å². The van der Waals surface area contributed by atoms with E-state index in [9.17, 15) is 5.11 Å². The molecule has 0 aromatic heterocycles. The Kier molecular flexibility index (Phi) is 2.55. The highest BCUT2D eigenvalue weighted by Gasteiger charge is 2.30. The van der Waals surface area contributed by atoms with Crippen molar-refractivity contribution in [1.82, 2.24) is 0 Å². The number of rotatable bonds is 0. The Bertz CT molecular complexity index is 126. The molecular formula is C9H18O2. The van der Waals surface area contributed by atoms with E-state index < -0.39 is 0 Å². The van der Waals surface area contributed by atoms with Crippen LogP contribution in [0.25, 0.3) is 0 Å². The number of hydrogen-bond donors (Lipinski definition) is 1. The SMILES string of the molecule is CC(C)(C)[C@@H]1C[C@@H](O)CCO1. The van der Waals surface area contributed by atoms with E-state index in [2.05, 4.69) is 20.8 Å². The molecule has 1 aliphatic heterocycles. The van der Waals surface area contributed by atoms with Gasteiger partial charge in [-0.15, -0.1) is 0 Å². The monoisotopic (exact) mass is 158 g/mol. The van der Waals surface area contributed by atoms with Crippen LogP contribution in [0.15, 0.2) is 0 Å². The average molecular weight is 158 g/mol. The van der Waals surface area contributed by atoms with Crippen LogP contribution in [0.2, 0.25) is 0 Å². The maximum absolute atomic E-state index is 9.36. The zero-order valence-electron chi connectivity index (χ0n) is 7.63. The zero-order chi connectivity index (χ0) is 8.48. The average Bonchev–Trinajstić information content (AvgIpc) is 1.86. The van der Waals surface area contributed by atoms with E-state index in [1.54, 1.807) is 0 Å². The summed E-state index contributed by atoms with van der Waals surface area (Å²) in [5, 5.41) is 9.36. The van der Waals surface area contributed by atoms with Crippen LogP contribution >= 0.6 is 0 Å². The van der Waals surface area contributed by atoms with Gasteiger partial charge in [-0.1, -0.05) is 20.8 Å². The van der Waals surface area contributed by atoms with Crippen molar-refractivity contribution in [1.29, 1.82) is 0 Å². The Hall–Kier alpha value is -0.0800. The molecule has 2 atom stereocenters. The first-order valence-electron chi connectivity index (χ1n) is 4.30. The van der Waals surface area contributed by atoms with E-state index in [-0.39, 0.29) is 17.6 Å². The maximum Gasteiger partial charge on any atom is 0.0648 e. The number of aliphatic hydroxyl groups excluding tert-OH is 1. The van der Waals surface area contributed by atoms with Crippen LogP contribution in [0.3, 0.4) is 0 Å². The fraction of sp³-hybridized carbons (Fsp3) is 1.00. The molecule has 0 aromatic rings. The van der Waals surface area contributed by atoms with Crippen molar-refractivity contribution in [3.8, 4) is 0 Å². The Balaban J connectivity index is 2.46. The van der Waals surface area contributed by atoms with Crippen molar-refractivity contribution >= 4 is 0 Å². The zero-order valence-corrected chi connectivity index (χ0v) is 7.63. The third kappa shape index (κ3) is 2.46. The van der Waals surface area contributed by atoms with Gasteiger partial charge in [0.25, 0.3) is 0 Å². The summed E-state index contributed by atoms with van der Waals surface area (Å²) in [6.07, 6.45) is 1.68. The van der Waals surface area contributed by atoms with Gasteiger partial charge in [-0.25, -0.2) is 0 Å². The normalized spacial score (nSPS) is 33.8. The van der Waals surface area contributed by atoms with Crippen molar-refractivity contribution < 1.29 is 9.84 Å². The Morgan fingerprint density at radius 1 is 1.36 bits per heavy atom. The predicted molar refractivity (Wildman–Crippen MR) is 44.4 cm³/mol. The fourth-order valence-electron chi connectivity index (χ4n) is 1.38. The van der Waals surface area contributed by atoms with E-state index in [1.165, 1.54) is 0 Å². The van der Waals surface area contributed by atoms with E-state index in [0.29, 0.717) is 6.61 Å². The summed E-state index contributed by atoms with van der Waals surface area (Å²) >= 11 is 0. The third-order valence-electron chi connectivity index (χ3n) is 2.22. The van der Waals surface area contributed by atoms with E-state index >= 15 is 0 Å². The number of hydrogen-bond acceptors (Lipinski definition) is 2. The van der Waals surface area contributed by atoms with Crippen molar-refractivity contribution in [3.05, 3.63) is 0 Å². The Labute approximate surface area is 68.6 Å². The molecule has 2 nitrogen and oxygen atoms in total. The molecule has 0 aromatic carbocycles. The highest BCUT2D eigenvalue weighted by atomic mass is 16.5. The molecule has 1 aliphatic rings. The molecule has 66 valence electrons. The number of aliphatic hydroxyl groups is 1. The lowest BCUT2D eigenvalue weighted by molar-refractivity contribution is -0.0892. The second-order valence-corrected chi connectivity index (χ2v) is 4.40. The molecule has 11 heavy (non-hydrogen) atoms. The molecule has 0 aliphatic carbocycles. The minimum atomic E-state index is -0.145. The minimum absolute atomic E-state index is 0.145. The van der Waals surface area contributed by atoms with Gasteiger partial charge in [-0.2, -0.15) is 0 Å².